The SMILES string of the molecule is CCCCCCC/C=C\C/C=C\CCCCCCCCCCCCCCCCCCCC(=O)OCC(COC(=O)CCCCCCCCC/C=C\CCCCCCCC)OC(=O)CCCCCCCCCCCCCCCCCCCC. The normalized spacial score (nSPS) is 12.2. The largest absolute Gasteiger partial charge is 0.462 e. The quantitative estimate of drug-likeness (QED) is 0.0261. The minimum atomic E-state index is -0.772. The Balaban J connectivity index is 4.22. The molecule has 0 saturated carbocycles. The van der Waals surface area contributed by atoms with Crippen LogP contribution in [0.25, 0.3) is 0 Å². The number of rotatable bonds is 69. The van der Waals surface area contributed by atoms with Gasteiger partial charge in [0.15, 0.2) is 6.10 Å². The maximum atomic E-state index is 13.0. The highest BCUT2D eigenvalue weighted by Crippen LogP contribution is 2.19. The summed E-state index contributed by atoms with van der Waals surface area (Å²) in [6, 6.07) is 0. The molecular formula is C76H142O6. The van der Waals surface area contributed by atoms with Crippen LogP contribution >= 0.6 is 0 Å². The van der Waals surface area contributed by atoms with Crippen LogP contribution in [0.1, 0.15) is 412 Å². The van der Waals surface area contributed by atoms with E-state index in [2.05, 4.69) is 57.2 Å². The second-order valence-electron chi connectivity index (χ2n) is 25.2. The van der Waals surface area contributed by atoms with Crippen molar-refractivity contribution in [2.45, 2.75) is 419 Å². The number of carbonyl (C=O) groups is 3. The smallest absolute Gasteiger partial charge is 0.306 e. The van der Waals surface area contributed by atoms with Crippen molar-refractivity contribution in [1.82, 2.24) is 0 Å². The van der Waals surface area contributed by atoms with E-state index in [4.69, 9.17) is 14.2 Å². The second-order valence-corrected chi connectivity index (χ2v) is 25.2. The molecule has 0 fully saturated rings. The minimum Gasteiger partial charge on any atom is -0.462 e. The number of carbonyl (C=O) groups excluding carboxylic acids is 3. The monoisotopic (exact) mass is 1150 g/mol. The van der Waals surface area contributed by atoms with E-state index < -0.39 is 6.10 Å². The van der Waals surface area contributed by atoms with Gasteiger partial charge in [0.2, 0.25) is 0 Å². The summed E-state index contributed by atoms with van der Waals surface area (Å²) in [6.45, 7) is 6.71. The van der Waals surface area contributed by atoms with E-state index in [1.165, 1.54) is 308 Å². The van der Waals surface area contributed by atoms with Gasteiger partial charge in [-0.15, -0.1) is 0 Å². The molecule has 0 aromatic carbocycles. The van der Waals surface area contributed by atoms with Crippen molar-refractivity contribution >= 4 is 17.9 Å². The van der Waals surface area contributed by atoms with Gasteiger partial charge < -0.3 is 14.2 Å². The van der Waals surface area contributed by atoms with Crippen molar-refractivity contribution < 1.29 is 28.6 Å². The van der Waals surface area contributed by atoms with Crippen LogP contribution < -0.4 is 0 Å². The summed E-state index contributed by atoms with van der Waals surface area (Å²) in [7, 11) is 0. The Morgan fingerprint density at radius 3 is 0.683 bits per heavy atom. The molecule has 0 aliphatic rings. The number of unbranched alkanes of at least 4 members (excludes halogenated alkanes) is 52. The van der Waals surface area contributed by atoms with Gasteiger partial charge in [0, 0.05) is 19.3 Å². The lowest BCUT2D eigenvalue weighted by Gasteiger charge is -2.18. The zero-order chi connectivity index (χ0) is 59.2. The summed E-state index contributed by atoms with van der Waals surface area (Å²) < 4.78 is 17.0. The van der Waals surface area contributed by atoms with Gasteiger partial charge in [-0.1, -0.05) is 353 Å². The molecule has 0 radical (unpaired) electrons. The zero-order valence-electron chi connectivity index (χ0n) is 55.5. The summed E-state index contributed by atoms with van der Waals surface area (Å²) in [5.41, 5.74) is 0. The van der Waals surface area contributed by atoms with Crippen LogP contribution in [0.15, 0.2) is 36.5 Å². The average molecular weight is 1150 g/mol. The Bertz CT molecular complexity index is 1370. The Morgan fingerprint density at radius 1 is 0.244 bits per heavy atom. The molecule has 6 heteroatoms. The number of hydrogen-bond acceptors (Lipinski definition) is 6. The van der Waals surface area contributed by atoms with Gasteiger partial charge in [-0.3, -0.25) is 14.4 Å². The molecule has 0 heterocycles. The highest BCUT2D eigenvalue weighted by atomic mass is 16.6. The maximum Gasteiger partial charge on any atom is 0.306 e. The first-order valence-electron chi connectivity index (χ1n) is 37.0. The molecule has 1 unspecified atom stereocenters. The maximum absolute atomic E-state index is 13.0. The fourth-order valence-corrected chi connectivity index (χ4v) is 11.3. The summed E-state index contributed by atoms with van der Waals surface area (Å²) >= 11 is 0. The average Bonchev–Trinajstić information content (AvgIpc) is 3.47. The highest BCUT2D eigenvalue weighted by Gasteiger charge is 2.19. The minimum absolute atomic E-state index is 0.0673. The van der Waals surface area contributed by atoms with E-state index in [1.807, 2.05) is 0 Å². The van der Waals surface area contributed by atoms with Crippen molar-refractivity contribution in [3.05, 3.63) is 36.5 Å². The summed E-state index contributed by atoms with van der Waals surface area (Å²) in [4.78, 5) is 38.5. The third-order valence-electron chi connectivity index (χ3n) is 16.9. The second kappa shape index (κ2) is 71.1. The van der Waals surface area contributed by atoms with Crippen LogP contribution in [0.3, 0.4) is 0 Å². The van der Waals surface area contributed by atoms with Crippen molar-refractivity contribution in [3.8, 4) is 0 Å². The lowest BCUT2D eigenvalue weighted by molar-refractivity contribution is -0.167. The third-order valence-corrected chi connectivity index (χ3v) is 16.9. The first kappa shape index (κ1) is 79.6. The molecule has 0 saturated heterocycles. The van der Waals surface area contributed by atoms with Gasteiger partial charge in [0.05, 0.1) is 0 Å². The van der Waals surface area contributed by atoms with Gasteiger partial charge in [-0.05, 0) is 77.0 Å². The fourth-order valence-electron chi connectivity index (χ4n) is 11.3. The predicted octanol–water partition coefficient (Wildman–Crippen LogP) is 25.5. The van der Waals surface area contributed by atoms with Crippen molar-refractivity contribution in [2.24, 2.45) is 0 Å². The molecule has 0 bridgehead atoms. The molecule has 82 heavy (non-hydrogen) atoms. The molecule has 0 amide bonds. The van der Waals surface area contributed by atoms with Gasteiger partial charge in [-0.25, -0.2) is 0 Å². The van der Waals surface area contributed by atoms with E-state index in [9.17, 15) is 14.4 Å². The van der Waals surface area contributed by atoms with Crippen LogP contribution in [0.5, 0.6) is 0 Å². The van der Waals surface area contributed by atoms with Crippen LogP contribution in [-0.4, -0.2) is 37.2 Å². The molecule has 0 aromatic rings. The van der Waals surface area contributed by atoms with E-state index in [0.717, 1.165) is 64.2 Å². The van der Waals surface area contributed by atoms with Crippen molar-refractivity contribution in [1.29, 1.82) is 0 Å². The molecule has 0 aliphatic heterocycles. The molecule has 0 spiro atoms. The third kappa shape index (κ3) is 68.4. The lowest BCUT2D eigenvalue weighted by Crippen LogP contribution is -2.30. The fraction of sp³-hybridized carbons (Fsp3) is 0.882. The van der Waals surface area contributed by atoms with E-state index in [0.29, 0.717) is 19.3 Å². The highest BCUT2D eigenvalue weighted by molar-refractivity contribution is 5.71. The van der Waals surface area contributed by atoms with Crippen LogP contribution in [-0.2, 0) is 28.6 Å². The summed E-state index contributed by atoms with van der Waals surface area (Å²) in [6.07, 6.45) is 88.9. The van der Waals surface area contributed by atoms with E-state index >= 15 is 0 Å². The standard InChI is InChI=1S/C76H142O6/c1-4-7-10-13-16-19-22-25-28-31-33-34-35-36-37-38-39-40-41-42-43-46-48-51-54-57-60-63-66-69-75(78)81-72-73(71-80-74(77)68-65-62-59-56-53-50-47-44-30-27-24-21-18-15-12-9-6-3)82-76(79)70-67-64-61-58-55-52-49-45-32-29-26-23-20-17-14-11-8-5-2/h22,25,27,30-31,33,73H,4-21,23-24,26,28-29,32,34-72H2,1-3H3/b25-22-,30-27-,33-31-. The number of esters is 3. The predicted molar refractivity (Wildman–Crippen MR) is 358 cm³/mol. The van der Waals surface area contributed by atoms with E-state index in [-0.39, 0.29) is 31.1 Å². The van der Waals surface area contributed by atoms with Crippen LogP contribution in [0.4, 0.5) is 0 Å². The molecule has 0 N–H and O–H groups in total. The Hall–Kier alpha value is -2.37. The molecule has 0 rings (SSSR count). The van der Waals surface area contributed by atoms with Gasteiger partial charge >= 0.3 is 17.9 Å². The van der Waals surface area contributed by atoms with Gasteiger partial charge in [0.25, 0.3) is 0 Å². The summed E-state index contributed by atoms with van der Waals surface area (Å²) in [5.74, 6) is -0.838. The summed E-state index contributed by atoms with van der Waals surface area (Å²) in [5, 5.41) is 0. The molecule has 0 aliphatic carbocycles. The van der Waals surface area contributed by atoms with Gasteiger partial charge in [-0.2, -0.15) is 0 Å². The van der Waals surface area contributed by atoms with Crippen molar-refractivity contribution in [2.75, 3.05) is 13.2 Å². The lowest BCUT2D eigenvalue weighted by atomic mass is 10.0. The first-order chi connectivity index (χ1) is 40.5. The molecular weight excluding hydrogens is 1010 g/mol. The van der Waals surface area contributed by atoms with Gasteiger partial charge in [0.1, 0.15) is 13.2 Å². The van der Waals surface area contributed by atoms with Crippen molar-refractivity contribution in [3.63, 3.8) is 0 Å². The van der Waals surface area contributed by atoms with Crippen LogP contribution in [0.2, 0.25) is 0 Å². The first-order valence-corrected chi connectivity index (χ1v) is 37.0. The zero-order valence-corrected chi connectivity index (χ0v) is 55.5. The number of hydrogen-bond donors (Lipinski definition) is 0. The Labute approximate surface area is 512 Å². The molecule has 482 valence electrons. The Morgan fingerprint density at radius 2 is 0.439 bits per heavy atom. The Kier molecular flexibility index (Phi) is 69.1. The van der Waals surface area contributed by atoms with E-state index in [1.54, 1.807) is 0 Å². The molecule has 1 atom stereocenters. The topological polar surface area (TPSA) is 78.9 Å². The number of allylic oxidation sites excluding steroid dienone is 6. The number of ether oxygens (including phenoxy) is 3. The van der Waals surface area contributed by atoms with Crippen LogP contribution in [0, 0.1) is 0 Å². The molecule has 0 aromatic heterocycles. The molecule has 6 nitrogen and oxygen atoms in total.